The smallest absolute Gasteiger partial charge is 0.320 e. The minimum Gasteiger partial charge on any atom is -0.480 e. The molecule has 0 bridgehead atoms. The molecule has 0 fully saturated rings. The lowest BCUT2D eigenvalue weighted by Gasteiger charge is -2.14. The molecule has 0 heterocycles. The predicted octanol–water partition coefficient (Wildman–Crippen LogP) is 1.31. The van der Waals surface area contributed by atoms with E-state index in [0.29, 0.717) is 5.30 Å². The van der Waals surface area contributed by atoms with Crippen molar-refractivity contribution in [2.24, 2.45) is 5.73 Å². The molecular formula is C11H17ClNO3P. The number of benzene rings is 1. The number of carboxylic acid groups (broad SMARTS) is 1. The Morgan fingerprint density at radius 2 is 1.94 bits per heavy atom. The van der Waals surface area contributed by atoms with Crippen molar-refractivity contribution >= 4 is 30.8 Å². The van der Waals surface area contributed by atoms with Crippen LogP contribution in [0.1, 0.15) is 5.56 Å². The summed E-state index contributed by atoms with van der Waals surface area (Å²) >= 11 is 0. The van der Waals surface area contributed by atoms with E-state index in [1.54, 1.807) is 37.6 Å². The Morgan fingerprint density at radius 3 is 2.41 bits per heavy atom. The number of aliphatic carboxylic acids is 1. The molecule has 0 aliphatic carbocycles. The summed E-state index contributed by atoms with van der Waals surface area (Å²) in [5, 5.41) is 9.46. The number of carbonyl (C=O) groups is 1. The number of carboxylic acids is 1. The molecule has 0 aromatic heterocycles. The van der Waals surface area contributed by atoms with E-state index in [0.717, 1.165) is 5.56 Å². The Morgan fingerprint density at radius 1 is 1.41 bits per heavy atom. The van der Waals surface area contributed by atoms with Gasteiger partial charge < -0.3 is 15.4 Å². The van der Waals surface area contributed by atoms with Gasteiger partial charge in [0.05, 0.1) is 0 Å². The summed E-state index contributed by atoms with van der Waals surface area (Å²) in [7, 11) is -2.39. The topological polar surface area (TPSA) is 80.4 Å². The lowest BCUT2D eigenvalue weighted by atomic mass is 10.1. The molecule has 1 atom stereocenters. The minimum absolute atomic E-state index is 0. The second-order valence-corrected chi connectivity index (χ2v) is 7.31. The van der Waals surface area contributed by atoms with E-state index < -0.39 is 19.2 Å². The third kappa shape index (κ3) is 4.50. The van der Waals surface area contributed by atoms with Crippen LogP contribution >= 0.6 is 19.5 Å². The van der Waals surface area contributed by atoms with Crippen LogP contribution in [0.3, 0.4) is 0 Å². The lowest BCUT2D eigenvalue weighted by Crippen LogP contribution is -2.33. The van der Waals surface area contributed by atoms with Crippen LogP contribution in [0.2, 0.25) is 0 Å². The minimum atomic E-state index is -2.39. The van der Waals surface area contributed by atoms with E-state index in [4.69, 9.17) is 10.8 Å². The summed E-state index contributed by atoms with van der Waals surface area (Å²) < 4.78 is 12.0. The zero-order valence-corrected chi connectivity index (χ0v) is 11.5. The molecule has 1 aromatic rings. The molecule has 3 N–H and O–H groups in total. The van der Waals surface area contributed by atoms with E-state index in [1.165, 1.54) is 0 Å². The van der Waals surface area contributed by atoms with Crippen molar-refractivity contribution in [1.82, 2.24) is 0 Å². The van der Waals surface area contributed by atoms with Crippen molar-refractivity contribution < 1.29 is 14.5 Å². The zero-order chi connectivity index (χ0) is 12.3. The fourth-order valence-electron chi connectivity index (χ4n) is 1.53. The Bertz CT molecular complexity index is 444. The van der Waals surface area contributed by atoms with Crippen molar-refractivity contribution in [1.29, 1.82) is 0 Å². The summed E-state index contributed by atoms with van der Waals surface area (Å²) in [4.78, 5) is 10.7. The number of hydrogen-bond donors (Lipinski definition) is 2. The highest BCUT2D eigenvalue weighted by molar-refractivity contribution is 7.70. The maximum atomic E-state index is 12.0. The largest absolute Gasteiger partial charge is 0.480 e. The van der Waals surface area contributed by atoms with E-state index in [9.17, 15) is 9.36 Å². The maximum absolute atomic E-state index is 12.0. The molecule has 0 aliphatic heterocycles. The van der Waals surface area contributed by atoms with Crippen molar-refractivity contribution in [3.8, 4) is 0 Å². The van der Waals surface area contributed by atoms with Crippen LogP contribution in [0.4, 0.5) is 0 Å². The quantitative estimate of drug-likeness (QED) is 0.813. The predicted molar refractivity (Wildman–Crippen MR) is 72.1 cm³/mol. The Balaban J connectivity index is 0.00000256. The van der Waals surface area contributed by atoms with Gasteiger partial charge in [-0.2, -0.15) is 0 Å². The third-order valence-corrected chi connectivity index (χ3v) is 3.93. The van der Waals surface area contributed by atoms with Crippen LogP contribution in [0.15, 0.2) is 24.3 Å². The number of hydrogen-bond acceptors (Lipinski definition) is 3. The van der Waals surface area contributed by atoms with E-state index in [2.05, 4.69) is 0 Å². The highest BCUT2D eigenvalue weighted by Gasteiger charge is 2.19. The van der Waals surface area contributed by atoms with Gasteiger partial charge >= 0.3 is 5.97 Å². The van der Waals surface area contributed by atoms with Crippen LogP contribution in [0.25, 0.3) is 0 Å². The van der Waals surface area contributed by atoms with Crippen LogP contribution in [-0.4, -0.2) is 30.4 Å². The highest BCUT2D eigenvalue weighted by Crippen LogP contribution is 2.36. The number of nitrogens with two attached hydrogens (primary N) is 1. The molecule has 4 nitrogen and oxygen atoms in total. The third-order valence-electron chi connectivity index (χ3n) is 2.33. The molecule has 0 saturated heterocycles. The average Bonchev–Trinajstić information content (AvgIpc) is 2.16. The van der Waals surface area contributed by atoms with Gasteiger partial charge in [0.1, 0.15) is 13.2 Å². The highest BCUT2D eigenvalue weighted by atomic mass is 35.5. The lowest BCUT2D eigenvalue weighted by molar-refractivity contribution is -0.138. The van der Waals surface area contributed by atoms with Gasteiger partial charge in [0.25, 0.3) is 0 Å². The SMILES string of the molecule is CP(C)(=O)c1ccccc1CC(N)C(=O)O.Cl. The molecule has 1 rings (SSSR count). The molecular weight excluding hydrogens is 261 g/mol. The normalized spacial score (nSPS) is 12.6. The van der Waals surface area contributed by atoms with Gasteiger partial charge in [-0.1, -0.05) is 24.3 Å². The Labute approximate surface area is 107 Å². The molecule has 0 spiro atoms. The molecule has 0 aliphatic rings. The second kappa shape index (κ2) is 6.20. The number of halogens is 1. The molecule has 6 heteroatoms. The van der Waals surface area contributed by atoms with Gasteiger partial charge in [-0.15, -0.1) is 12.4 Å². The van der Waals surface area contributed by atoms with Gasteiger partial charge in [0.15, 0.2) is 0 Å². The van der Waals surface area contributed by atoms with E-state index in [-0.39, 0.29) is 18.8 Å². The first-order valence-electron chi connectivity index (χ1n) is 4.94. The first kappa shape index (κ1) is 16.2. The van der Waals surface area contributed by atoms with Crippen LogP contribution in [0.5, 0.6) is 0 Å². The second-order valence-electron chi connectivity index (χ2n) is 4.13. The Hall–Kier alpha value is -0.830. The summed E-state index contributed by atoms with van der Waals surface area (Å²) in [6, 6.07) is 6.18. The van der Waals surface area contributed by atoms with Crippen molar-refractivity contribution in [3.63, 3.8) is 0 Å². The van der Waals surface area contributed by atoms with Gasteiger partial charge in [0, 0.05) is 5.30 Å². The molecule has 1 aromatic carbocycles. The van der Waals surface area contributed by atoms with Gasteiger partial charge in [-0.3, -0.25) is 4.79 Å². The fourth-order valence-corrected chi connectivity index (χ4v) is 2.84. The number of rotatable bonds is 4. The summed E-state index contributed by atoms with van der Waals surface area (Å²) in [6.45, 7) is 3.33. The molecule has 96 valence electrons. The summed E-state index contributed by atoms with van der Waals surface area (Å²) in [6.07, 6.45) is 0.206. The van der Waals surface area contributed by atoms with Crippen molar-refractivity contribution in [2.45, 2.75) is 12.5 Å². The molecule has 1 unspecified atom stereocenters. The van der Waals surface area contributed by atoms with Gasteiger partial charge in [-0.05, 0) is 25.3 Å². The monoisotopic (exact) mass is 277 g/mol. The van der Waals surface area contributed by atoms with Crippen LogP contribution in [-0.2, 0) is 15.8 Å². The molecule has 0 amide bonds. The fraction of sp³-hybridized carbons (Fsp3) is 0.364. The molecule has 0 saturated carbocycles. The van der Waals surface area contributed by atoms with E-state index >= 15 is 0 Å². The first-order chi connectivity index (χ1) is 7.32. The molecule has 0 radical (unpaired) electrons. The standard InChI is InChI=1S/C11H16NO3P.ClH/c1-16(2,15)10-6-4-3-5-8(10)7-9(12)11(13)14;/h3-6,9H,7,12H2,1-2H3,(H,13,14);1H. The van der Waals surface area contributed by atoms with Crippen molar-refractivity contribution in [3.05, 3.63) is 29.8 Å². The van der Waals surface area contributed by atoms with Crippen LogP contribution in [0, 0.1) is 0 Å². The molecule has 17 heavy (non-hydrogen) atoms. The van der Waals surface area contributed by atoms with Crippen LogP contribution < -0.4 is 11.0 Å². The first-order valence-corrected chi connectivity index (χ1v) is 7.54. The van der Waals surface area contributed by atoms with Gasteiger partial charge in [-0.25, -0.2) is 0 Å². The van der Waals surface area contributed by atoms with Gasteiger partial charge in [0.2, 0.25) is 0 Å². The van der Waals surface area contributed by atoms with E-state index in [1.807, 2.05) is 0 Å². The summed E-state index contributed by atoms with van der Waals surface area (Å²) in [5.41, 5.74) is 6.23. The maximum Gasteiger partial charge on any atom is 0.320 e. The summed E-state index contributed by atoms with van der Waals surface area (Å²) in [5.74, 6) is -1.04. The Kier molecular flexibility index (Phi) is 5.89. The average molecular weight is 278 g/mol. The zero-order valence-electron chi connectivity index (χ0n) is 9.79. The van der Waals surface area contributed by atoms with Crippen molar-refractivity contribution in [2.75, 3.05) is 13.3 Å².